The van der Waals surface area contributed by atoms with E-state index in [1.165, 1.54) is 23.1 Å². The summed E-state index contributed by atoms with van der Waals surface area (Å²) in [6.07, 6.45) is 0. The number of aromatic nitrogens is 1. The Morgan fingerprint density at radius 1 is 1.25 bits per heavy atom. The Bertz CT molecular complexity index is 715. The van der Waals surface area contributed by atoms with Crippen molar-refractivity contribution in [2.24, 2.45) is 0 Å². The molecule has 3 nitrogen and oxygen atoms in total. The van der Waals surface area contributed by atoms with Crippen LogP contribution in [0.4, 0.5) is 0 Å². The first-order valence-corrected chi connectivity index (χ1v) is 8.53. The highest BCUT2D eigenvalue weighted by atomic mass is 32.2. The van der Waals surface area contributed by atoms with Crippen molar-refractivity contribution in [3.05, 3.63) is 46.2 Å². The lowest BCUT2D eigenvalue weighted by Crippen LogP contribution is -1.96. The zero-order valence-corrected chi connectivity index (χ0v) is 13.1. The van der Waals surface area contributed by atoms with Crippen molar-refractivity contribution in [2.75, 3.05) is 7.11 Å². The van der Waals surface area contributed by atoms with Crippen LogP contribution in [0.3, 0.4) is 0 Å². The summed E-state index contributed by atoms with van der Waals surface area (Å²) in [6, 6.07) is 11.9. The van der Waals surface area contributed by atoms with Gasteiger partial charge in [0.15, 0.2) is 4.34 Å². The molecular formula is C14H11NO2S3. The molecule has 2 heterocycles. The third-order valence-corrected chi connectivity index (χ3v) is 6.14. The first-order chi connectivity index (χ1) is 9.76. The van der Waals surface area contributed by atoms with E-state index >= 15 is 0 Å². The van der Waals surface area contributed by atoms with Crippen LogP contribution in [0, 0.1) is 0 Å². The van der Waals surface area contributed by atoms with Gasteiger partial charge in [-0.3, -0.25) is 0 Å². The van der Waals surface area contributed by atoms with Crippen LogP contribution < -0.4 is 0 Å². The van der Waals surface area contributed by atoms with Crippen LogP contribution in [0.1, 0.15) is 14.5 Å². The number of carbonyl (C=O) groups is 1. The first-order valence-electron chi connectivity index (χ1n) is 5.91. The number of hydrogen-bond donors (Lipinski definition) is 0. The van der Waals surface area contributed by atoms with Crippen LogP contribution >= 0.6 is 34.4 Å². The Kier molecular flexibility index (Phi) is 4.05. The molecule has 102 valence electrons. The van der Waals surface area contributed by atoms with E-state index in [0.29, 0.717) is 4.88 Å². The van der Waals surface area contributed by atoms with Crippen molar-refractivity contribution in [1.82, 2.24) is 4.98 Å². The van der Waals surface area contributed by atoms with E-state index in [0.717, 1.165) is 20.5 Å². The maximum absolute atomic E-state index is 11.4. The topological polar surface area (TPSA) is 39.2 Å². The van der Waals surface area contributed by atoms with Gasteiger partial charge in [0.25, 0.3) is 0 Å². The molecule has 0 saturated carbocycles. The van der Waals surface area contributed by atoms with E-state index in [9.17, 15) is 4.79 Å². The van der Waals surface area contributed by atoms with Gasteiger partial charge in [-0.05, 0) is 24.3 Å². The summed E-state index contributed by atoms with van der Waals surface area (Å²) in [5.74, 6) is 0.549. The molecule has 3 rings (SSSR count). The smallest absolute Gasteiger partial charge is 0.348 e. The molecule has 3 aromatic rings. The van der Waals surface area contributed by atoms with E-state index < -0.39 is 0 Å². The fourth-order valence-corrected chi connectivity index (χ4v) is 4.75. The van der Waals surface area contributed by atoms with Crippen LogP contribution in [0.2, 0.25) is 0 Å². The summed E-state index contributed by atoms with van der Waals surface area (Å²) < 4.78 is 6.97. The first kappa shape index (κ1) is 13.6. The van der Waals surface area contributed by atoms with Gasteiger partial charge < -0.3 is 4.74 Å². The summed E-state index contributed by atoms with van der Waals surface area (Å²) in [5, 5.41) is 0. The van der Waals surface area contributed by atoms with E-state index in [4.69, 9.17) is 4.74 Å². The molecule has 0 fully saturated rings. The molecule has 0 spiro atoms. The lowest BCUT2D eigenvalue weighted by atomic mass is 10.3. The molecule has 6 heteroatoms. The van der Waals surface area contributed by atoms with E-state index in [2.05, 4.69) is 11.1 Å². The van der Waals surface area contributed by atoms with Crippen LogP contribution in [0.25, 0.3) is 10.2 Å². The highest BCUT2D eigenvalue weighted by molar-refractivity contribution is 8.00. The predicted octanol–water partition coefficient (Wildman–Crippen LogP) is 4.44. The predicted molar refractivity (Wildman–Crippen MR) is 84.8 cm³/mol. The van der Waals surface area contributed by atoms with Crippen molar-refractivity contribution in [2.45, 2.75) is 10.1 Å². The van der Waals surface area contributed by atoms with Crippen molar-refractivity contribution >= 4 is 50.6 Å². The van der Waals surface area contributed by atoms with Gasteiger partial charge in [-0.1, -0.05) is 23.9 Å². The van der Waals surface area contributed by atoms with Crippen molar-refractivity contribution < 1.29 is 9.53 Å². The molecule has 0 unspecified atom stereocenters. The standard InChI is InChI=1S/C14H11NO2S3/c1-17-13(16)12-7-6-9(19-12)8-18-14-15-10-4-2-3-5-11(10)20-14/h2-7H,8H2,1H3. The number of hydrogen-bond acceptors (Lipinski definition) is 6. The van der Waals surface area contributed by atoms with Crippen LogP contribution in [0.15, 0.2) is 40.7 Å². The second kappa shape index (κ2) is 5.95. The van der Waals surface area contributed by atoms with E-state index in [1.54, 1.807) is 23.1 Å². The van der Waals surface area contributed by atoms with Crippen LogP contribution in [-0.4, -0.2) is 18.1 Å². The lowest BCUT2D eigenvalue weighted by molar-refractivity contribution is 0.0606. The molecule has 0 saturated heterocycles. The maximum Gasteiger partial charge on any atom is 0.348 e. The second-order valence-electron chi connectivity index (χ2n) is 3.99. The highest BCUT2D eigenvalue weighted by Gasteiger charge is 2.10. The molecule has 0 aliphatic rings. The Morgan fingerprint density at radius 2 is 2.10 bits per heavy atom. The normalized spacial score (nSPS) is 10.8. The molecule has 20 heavy (non-hydrogen) atoms. The average Bonchev–Trinajstić information content (AvgIpc) is 3.10. The summed E-state index contributed by atoms with van der Waals surface area (Å²) in [4.78, 5) is 17.8. The number of carbonyl (C=O) groups excluding carboxylic acids is 1. The number of rotatable bonds is 4. The third kappa shape index (κ3) is 2.87. The summed E-state index contributed by atoms with van der Waals surface area (Å²) in [7, 11) is 1.40. The number of nitrogens with zero attached hydrogens (tertiary/aromatic N) is 1. The fraction of sp³-hybridized carbons (Fsp3) is 0.143. The van der Waals surface area contributed by atoms with Gasteiger partial charge in [0, 0.05) is 10.6 Å². The summed E-state index contributed by atoms with van der Waals surface area (Å²) in [6.45, 7) is 0. The van der Waals surface area contributed by atoms with Crippen molar-refractivity contribution in [3.8, 4) is 0 Å². The average molecular weight is 321 g/mol. The zero-order valence-electron chi connectivity index (χ0n) is 10.7. The maximum atomic E-state index is 11.4. The second-order valence-corrected chi connectivity index (χ2v) is 7.42. The summed E-state index contributed by atoms with van der Waals surface area (Å²) >= 11 is 4.87. The number of benzene rings is 1. The minimum absolute atomic E-state index is 0.272. The van der Waals surface area contributed by atoms with Crippen molar-refractivity contribution in [1.29, 1.82) is 0 Å². The molecule has 0 bridgehead atoms. The van der Waals surface area contributed by atoms with Crippen LogP contribution in [0.5, 0.6) is 0 Å². The summed E-state index contributed by atoms with van der Waals surface area (Å²) in [5.41, 5.74) is 1.04. The van der Waals surface area contributed by atoms with Gasteiger partial charge in [-0.15, -0.1) is 22.7 Å². The van der Waals surface area contributed by atoms with Gasteiger partial charge in [-0.25, -0.2) is 9.78 Å². The highest BCUT2D eigenvalue weighted by Crippen LogP contribution is 2.32. The minimum Gasteiger partial charge on any atom is -0.465 e. The number of ether oxygens (including phenoxy) is 1. The molecule has 0 radical (unpaired) electrons. The van der Waals surface area contributed by atoms with Crippen molar-refractivity contribution in [3.63, 3.8) is 0 Å². The molecule has 0 aliphatic heterocycles. The minimum atomic E-state index is -0.272. The third-order valence-electron chi connectivity index (χ3n) is 2.66. The number of thiazole rings is 1. The molecule has 0 N–H and O–H groups in total. The van der Waals surface area contributed by atoms with E-state index in [-0.39, 0.29) is 5.97 Å². The quantitative estimate of drug-likeness (QED) is 0.526. The van der Waals surface area contributed by atoms with Crippen LogP contribution in [-0.2, 0) is 10.5 Å². The fourth-order valence-electron chi connectivity index (χ4n) is 1.71. The molecule has 0 aliphatic carbocycles. The number of methoxy groups -OCH3 is 1. The largest absolute Gasteiger partial charge is 0.465 e. The van der Waals surface area contributed by atoms with Gasteiger partial charge in [0.05, 0.1) is 17.3 Å². The molecule has 0 atom stereocenters. The molecular weight excluding hydrogens is 310 g/mol. The number of thioether (sulfide) groups is 1. The number of fused-ring (bicyclic) bond motifs is 1. The molecule has 0 amide bonds. The SMILES string of the molecule is COC(=O)c1ccc(CSc2nc3ccccc3s2)s1. The lowest BCUT2D eigenvalue weighted by Gasteiger charge is -1.94. The van der Waals surface area contributed by atoms with Gasteiger partial charge >= 0.3 is 5.97 Å². The number of esters is 1. The Morgan fingerprint density at radius 3 is 2.90 bits per heavy atom. The number of thiophene rings is 1. The molecule has 1 aromatic carbocycles. The number of para-hydroxylation sites is 1. The van der Waals surface area contributed by atoms with Gasteiger partial charge in [-0.2, -0.15) is 0 Å². The molecule has 2 aromatic heterocycles. The Hall–Kier alpha value is -1.37. The van der Waals surface area contributed by atoms with Gasteiger partial charge in [0.1, 0.15) is 4.88 Å². The zero-order chi connectivity index (χ0) is 13.9. The van der Waals surface area contributed by atoms with E-state index in [1.807, 2.05) is 30.3 Å². The monoisotopic (exact) mass is 321 g/mol. The Labute approximate surface area is 128 Å². The van der Waals surface area contributed by atoms with Gasteiger partial charge in [0.2, 0.25) is 0 Å². The Balaban J connectivity index is 1.69.